The monoisotopic (exact) mass is 206 g/mol. The maximum Gasteiger partial charge on any atom is 0.115 e. The number of nitrogens with one attached hydrogen (secondary N) is 1. The van der Waals surface area contributed by atoms with Gasteiger partial charge in [0.15, 0.2) is 0 Å². The molecule has 0 saturated carbocycles. The molecule has 0 amide bonds. The van der Waals surface area contributed by atoms with Gasteiger partial charge in [0.05, 0.1) is 18.1 Å². The molecule has 1 aliphatic rings. The van der Waals surface area contributed by atoms with Gasteiger partial charge in [0.25, 0.3) is 0 Å². The minimum Gasteiger partial charge on any atom is -0.369 e. The fraction of sp³-hybridized carbons (Fsp3) is 0.636. The van der Waals surface area contributed by atoms with Crippen LogP contribution >= 0.6 is 0 Å². The second-order valence-corrected chi connectivity index (χ2v) is 4.01. The van der Waals surface area contributed by atoms with Crippen LogP contribution in [-0.2, 0) is 0 Å². The van der Waals surface area contributed by atoms with Crippen molar-refractivity contribution in [2.45, 2.75) is 13.3 Å². The molecule has 4 nitrogen and oxygen atoms in total. The van der Waals surface area contributed by atoms with Crippen LogP contribution in [-0.4, -0.2) is 36.1 Å². The van der Waals surface area contributed by atoms with E-state index in [1.54, 1.807) is 6.33 Å². The zero-order chi connectivity index (χ0) is 10.5. The zero-order valence-corrected chi connectivity index (χ0v) is 9.19. The van der Waals surface area contributed by atoms with E-state index in [9.17, 15) is 0 Å². The molecule has 0 aliphatic carbocycles. The Morgan fingerprint density at radius 1 is 1.47 bits per heavy atom. The predicted molar refractivity (Wildman–Crippen MR) is 60.9 cm³/mol. The summed E-state index contributed by atoms with van der Waals surface area (Å²) >= 11 is 0. The van der Waals surface area contributed by atoms with Crippen LogP contribution in [0.2, 0.25) is 0 Å². The number of nitrogens with zero attached hydrogens (tertiary/aromatic N) is 3. The summed E-state index contributed by atoms with van der Waals surface area (Å²) in [5.41, 5.74) is 1.15. The molecule has 1 fully saturated rings. The van der Waals surface area contributed by atoms with Gasteiger partial charge in [0.2, 0.25) is 0 Å². The molecule has 1 aromatic rings. The lowest BCUT2D eigenvalue weighted by atomic mass is 10.1. The average molecular weight is 206 g/mol. The van der Waals surface area contributed by atoms with Crippen LogP contribution < -0.4 is 10.2 Å². The standard InChI is InChI=1S/C11H18N4/c1-2-12-5-10-3-4-15(8-10)11-6-13-9-14-7-11/h6-7,9-10,12H,2-5,8H2,1H3. The highest BCUT2D eigenvalue weighted by Gasteiger charge is 2.22. The van der Waals surface area contributed by atoms with E-state index in [4.69, 9.17) is 0 Å². The van der Waals surface area contributed by atoms with Gasteiger partial charge >= 0.3 is 0 Å². The Hall–Kier alpha value is -1.16. The minimum absolute atomic E-state index is 0.769. The minimum atomic E-state index is 0.769. The normalized spacial score (nSPS) is 20.9. The van der Waals surface area contributed by atoms with Crippen LogP contribution in [0.5, 0.6) is 0 Å². The fourth-order valence-electron chi connectivity index (χ4n) is 2.04. The Morgan fingerprint density at radius 2 is 2.27 bits per heavy atom. The van der Waals surface area contributed by atoms with Gasteiger partial charge in [-0.1, -0.05) is 6.92 Å². The highest BCUT2D eigenvalue weighted by Crippen LogP contribution is 2.21. The van der Waals surface area contributed by atoms with Gasteiger partial charge in [-0.15, -0.1) is 0 Å². The van der Waals surface area contributed by atoms with Crippen molar-refractivity contribution in [3.05, 3.63) is 18.7 Å². The molecule has 2 rings (SSSR count). The summed E-state index contributed by atoms with van der Waals surface area (Å²) in [6, 6.07) is 0. The maximum absolute atomic E-state index is 4.05. The number of rotatable bonds is 4. The molecule has 1 atom stereocenters. The van der Waals surface area contributed by atoms with Crippen molar-refractivity contribution in [2.75, 3.05) is 31.1 Å². The third-order valence-corrected chi connectivity index (χ3v) is 2.88. The molecule has 1 unspecified atom stereocenters. The maximum atomic E-state index is 4.05. The van der Waals surface area contributed by atoms with Crippen molar-refractivity contribution >= 4 is 5.69 Å². The van der Waals surface area contributed by atoms with Gasteiger partial charge in [-0.25, -0.2) is 9.97 Å². The van der Waals surface area contributed by atoms with Crippen LogP contribution in [0.1, 0.15) is 13.3 Å². The SMILES string of the molecule is CCNCC1CCN(c2cncnc2)C1. The Labute approximate surface area is 90.7 Å². The summed E-state index contributed by atoms with van der Waals surface area (Å²) in [4.78, 5) is 10.5. The highest BCUT2D eigenvalue weighted by atomic mass is 15.2. The van der Waals surface area contributed by atoms with Crippen LogP contribution in [0.25, 0.3) is 0 Å². The van der Waals surface area contributed by atoms with Gasteiger partial charge in [0, 0.05) is 13.1 Å². The molecule has 1 N–H and O–H groups in total. The van der Waals surface area contributed by atoms with Crippen molar-refractivity contribution in [2.24, 2.45) is 5.92 Å². The highest BCUT2D eigenvalue weighted by molar-refractivity contribution is 5.42. The van der Waals surface area contributed by atoms with Crippen molar-refractivity contribution < 1.29 is 0 Å². The topological polar surface area (TPSA) is 41.0 Å². The van der Waals surface area contributed by atoms with Gasteiger partial charge in [0.1, 0.15) is 6.33 Å². The second-order valence-electron chi connectivity index (χ2n) is 4.01. The summed E-state index contributed by atoms with van der Waals surface area (Å²) in [7, 11) is 0. The van der Waals surface area contributed by atoms with E-state index in [0.29, 0.717) is 0 Å². The van der Waals surface area contributed by atoms with Crippen LogP contribution in [0.15, 0.2) is 18.7 Å². The summed E-state index contributed by atoms with van der Waals surface area (Å²) < 4.78 is 0. The van der Waals surface area contributed by atoms with Crippen LogP contribution in [0, 0.1) is 5.92 Å². The van der Waals surface area contributed by atoms with E-state index in [2.05, 4.69) is 27.1 Å². The Morgan fingerprint density at radius 3 is 3.00 bits per heavy atom. The molecule has 0 spiro atoms. The summed E-state index contributed by atoms with van der Waals surface area (Å²) in [6.45, 7) is 6.59. The van der Waals surface area contributed by atoms with E-state index < -0.39 is 0 Å². The van der Waals surface area contributed by atoms with Crippen molar-refractivity contribution in [1.82, 2.24) is 15.3 Å². The molecular formula is C11H18N4. The van der Waals surface area contributed by atoms with Crippen LogP contribution in [0.4, 0.5) is 5.69 Å². The molecule has 1 aliphatic heterocycles. The molecule has 15 heavy (non-hydrogen) atoms. The number of anilines is 1. The smallest absolute Gasteiger partial charge is 0.115 e. The largest absolute Gasteiger partial charge is 0.369 e. The molecular weight excluding hydrogens is 188 g/mol. The van der Waals surface area contributed by atoms with E-state index in [0.717, 1.165) is 37.8 Å². The van der Waals surface area contributed by atoms with Crippen molar-refractivity contribution in [3.8, 4) is 0 Å². The van der Waals surface area contributed by atoms with Crippen molar-refractivity contribution in [1.29, 1.82) is 0 Å². The molecule has 0 radical (unpaired) electrons. The first-order valence-corrected chi connectivity index (χ1v) is 5.61. The van der Waals surface area contributed by atoms with E-state index in [-0.39, 0.29) is 0 Å². The Balaban J connectivity index is 1.87. The van der Waals surface area contributed by atoms with Gasteiger partial charge in [-0.05, 0) is 25.4 Å². The molecule has 4 heteroatoms. The lowest BCUT2D eigenvalue weighted by molar-refractivity contribution is 0.528. The Kier molecular flexibility index (Phi) is 3.50. The number of hydrogen-bond acceptors (Lipinski definition) is 4. The number of aromatic nitrogens is 2. The lowest BCUT2D eigenvalue weighted by Crippen LogP contribution is -2.26. The summed E-state index contributed by atoms with van der Waals surface area (Å²) in [5.74, 6) is 0.769. The molecule has 1 aromatic heterocycles. The summed E-state index contributed by atoms with van der Waals surface area (Å²) in [5, 5.41) is 3.40. The lowest BCUT2D eigenvalue weighted by Gasteiger charge is -2.17. The zero-order valence-electron chi connectivity index (χ0n) is 9.19. The van der Waals surface area contributed by atoms with Gasteiger partial charge in [-0.3, -0.25) is 0 Å². The molecule has 1 saturated heterocycles. The second kappa shape index (κ2) is 5.07. The molecule has 82 valence electrons. The average Bonchev–Trinajstić information content (AvgIpc) is 2.76. The summed E-state index contributed by atoms with van der Waals surface area (Å²) in [6.07, 6.45) is 6.63. The first-order chi connectivity index (χ1) is 7.40. The van der Waals surface area contributed by atoms with Crippen LogP contribution in [0.3, 0.4) is 0 Å². The third-order valence-electron chi connectivity index (χ3n) is 2.88. The van der Waals surface area contributed by atoms with Gasteiger partial charge < -0.3 is 10.2 Å². The Bertz CT molecular complexity index is 288. The molecule has 2 heterocycles. The van der Waals surface area contributed by atoms with Gasteiger partial charge in [-0.2, -0.15) is 0 Å². The predicted octanol–water partition coefficient (Wildman–Crippen LogP) is 0.912. The first kappa shape index (κ1) is 10.4. The molecule has 0 bridgehead atoms. The van der Waals surface area contributed by atoms with E-state index in [1.165, 1.54) is 6.42 Å². The first-order valence-electron chi connectivity index (χ1n) is 5.61. The van der Waals surface area contributed by atoms with E-state index >= 15 is 0 Å². The number of hydrogen-bond donors (Lipinski definition) is 1. The molecule has 0 aromatic carbocycles. The third kappa shape index (κ3) is 2.65. The van der Waals surface area contributed by atoms with E-state index in [1.807, 2.05) is 12.4 Å². The quantitative estimate of drug-likeness (QED) is 0.795. The fourth-order valence-corrected chi connectivity index (χ4v) is 2.04. The van der Waals surface area contributed by atoms with Crippen molar-refractivity contribution in [3.63, 3.8) is 0 Å².